The third-order valence-electron chi connectivity index (χ3n) is 6.46. The van der Waals surface area contributed by atoms with Crippen LogP contribution >= 0.6 is 0 Å². The first-order valence-electron chi connectivity index (χ1n) is 10.2. The molecule has 4 rings (SSSR count). The van der Waals surface area contributed by atoms with Crippen molar-refractivity contribution in [3.8, 4) is 0 Å². The lowest BCUT2D eigenvalue weighted by atomic mass is 9.57. The van der Waals surface area contributed by atoms with Crippen LogP contribution in [0.4, 0.5) is 10.1 Å². The predicted molar refractivity (Wildman–Crippen MR) is 107 cm³/mol. The fourth-order valence-electron chi connectivity index (χ4n) is 4.97. The van der Waals surface area contributed by atoms with E-state index in [1.54, 1.807) is 0 Å². The summed E-state index contributed by atoms with van der Waals surface area (Å²) in [5.41, 5.74) is 1.23. The molecule has 148 valence electrons. The molecule has 5 nitrogen and oxygen atoms in total. The third-order valence-corrected chi connectivity index (χ3v) is 6.46. The molecule has 3 unspecified atom stereocenters. The summed E-state index contributed by atoms with van der Waals surface area (Å²) in [5, 5.41) is 3.78. The highest BCUT2D eigenvalue weighted by atomic mass is 19.1. The van der Waals surface area contributed by atoms with Gasteiger partial charge in [-0.1, -0.05) is 13.8 Å². The summed E-state index contributed by atoms with van der Waals surface area (Å²) in [6.45, 7) is 12.0. The minimum absolute atomic E-state index is 0.144. The van der Waals surface area contributed by atoms with E-state index in [-0.39, 0.29) is 11.2 Å². The van der Waals surface area contributed by atoms with Crippen molar-refractivity contribution >= 4 is 11.6 Å². The number of rotatable bonds is 3. The molecule has 6 heteroatoms. The average molecular weight is 375 g/mol. The minimum atomic E-state index is -0.184. The van der Waals surface area contributed by atoms with Crippen molar-refractivity contribution in [2.24, 2.45) is 16.3 Å². The summed E-state index contributed by atoms with van der Waals surface area (Å²) in [6.07, 6.45) is 1.52. The van der Waals surface area contributed by atoms with Crippen molar-refractivity contribution in [3.63, 3.8) is 0 Å². The van der Waals surface area contributed by atoms with Crippen LogP contribution in [0.5, 0.6) is 0 Å². The highest BCUT2D eigenvalue weighted by molar-refractivity contribution is 5.81. The van der Waals surface area contributed by atoms with E-state index in [0.29, 0.717) is 18.1 Å². The number of hydrogen-bond donors (Lipinski definition) is 1. The molecule has 2 aliphatic heterocycles. The molecule has 1 saturated carbocycles. The smallest absolute Gasteiger partial charge is 0.194 e. The van der Waals surface area contributed by atoms with E-state index in [1.807, 2.05) is 12.1 Å². The summed E-state index contributed by atoms with van der Waals surface area (Å²) in [6, 6.07) is 7.21. The van der Waals surface area contributed by atoms with Crippen molar-refractivity contribution in [3.05, 3.63) is 30.1 Å². The number of aliphatic imine (C=N–C) groups is 1. The van der Waals surface area contributed by atoms with Gasteiger partial charge in [0.2, 0.25) is 0 Å². The van der Waals surface area contributed by atoms with Crippen LogP contribution in [0.1, 0.15) is 27.2 Å². The number of fused-ring (bicyclic) bond motifs is 1. The molecule has 1 aromatic carbocycles. The van der Waals surface area contributed by atoms with Gasteiger partial charge in [-0.05, 0) is 37.6 Å². The SMILES string of the molecule is CCN=C(NC1C2CCOC2C1(C)C)N1CCN(c2ccc(F)cc2)CC1. The molecule has 1 aliphatic carbocycles. The van der Waals surface area contributed by atoms with E-state index in [4.69, 9.17) is 9.73 Å². The number of nitrogens with zero attached hydrogens (tertiary/aromatic N) is 3. The highest BCUT2D eigenvalue weighted by Crippen LogP contribution is 2.52. The Morgan fingerprint density at radius 2 is 1.93 bits per heavy atom. The molecule has 2 heterocycles. The van der Waals surface area contributed by atoms with Gasteiger partial charge in [0.1, 0.15) is 5.82 Å². The Morgan fingerprint density at radius 3 is 2.59 bits per heavy atom. The third kappa shape index (κ3) is 3.40. The number of benzene rings is 1. The molecule has 1 aromatic rings. The number of anilines is 1. The summed E-state index contributed by atoms with van der Waals surface area (Å²) in [5.74, 6) is 1.44. The Balaban J connectivity index is 1.39. The fourth-order valence-corrected chi connectivity index (χ4v) is 4.97. The zero-order chi connectivity index (χ0) is 19.0. The van der Waals surface area contributed by atoms with Gasteiger partial charge >= 0.3 is 0 Å². The van der Waals surface area contributed by atoms with E-state index in [2.05, 4.69) is 35.9 Å². The van der Waals surface area contributed by atoms with Gasteiger partial charge in [-0.15, -0.1) is 0 Å². The van der Waals surface area contributed by atoms with Crippen molar-refractivity contribution in [1.82, 2.24) is 10.2 Å². The van der Waals surface area contributed by atoms with E-state index in [9.17, 15) is 4.39 Å². The number of halogens is 1. The minimum Gasteiger partial charge on any atom is -0.377 e. The van der Waals surface area contributed by atoms with Crippen LogP contribution in [-0.2, 0) is 4.74 Å². The lowest BCUT2D eigenvalue weighted by Crippen LogP contribution is -2.68. The Morgan fingerprint density at radius 1 is 1.22 bits per heavy atom. The van der Waals surface area contributed by atoms with Gasteiger partial charge < -0.3 is 19.9 Å². The topological polar surface area (TPSA) is 40.1 Å². The second-order valence-electron chi connectivity index (χ2n) is 8.44. The fraction of sp³-hybridized carbons (Fsp3) is 0.667. The zero-order valence-electron chi connectivity index (χ0n) is 16.6. The summed E-state index contributed by atoms with van der Waals surface area (Å²) in [4.78, 5) is 9.46. The van der Waals surface area contributed by atoms with Crippen LogP contribution in [0.15, 0.2) is 29.3 Å². The van der Waals surface area contributed by atoms with Gasteiger partial charge in [0.05, 0.1) is 6.10 Å². The van der Waals surface area contributed by atoms with Crippen LogP contribution in [0.25, 0.3) is 0 Å². The Bertz CT molecular complexity index is 682. The quantitative estimate of drug-likeness (QED) is 0.652. The van der Waals surface area contributed by atoms with Gasteiger partial charge in [-0.2, -0.15) is 0 Å². The molecule has 0 bridgehead atoms. The second kappa shape index (κ2) is 7.30. The van der Waals surface area contributed by atoms with E-state index in [0.717, 1.165) is 57.4 Å². The maximum atomic E-state index is 13.2. The lowest BCUT2D eigenvalue weighted by Gasteiger charge is -2.55. The van der Waals surface area contributed by atoms with Crippen LogP contribution in [-0.4, -0.2) is 62.3 Å². The summed E-state index contributed by atoms with van der Waals surface area (Å²) in [7, 11) is 0. The monoisotopic (exact) mass is 374 g/mol. The van der Waals surface area contributed by atoms with Gasteiger partial charge in [-0.25, -0.2) is 4.39 Å². The maximum absolute atomic E-state index is 13.2. The first-order valence-corrected chi connectivity index (χ1v) is 10.2. The molecule has 3 atom stereocenters. The number of hydrogen-bond acceptors (Lipinski definition) is 3. The molecule has 0 aromatic heterocycles. The van der Waals surface area contributed by atoms with Crippen LogP contribution in [0, 0.1) is 17.2 Å². The maximum Gasteiger partial charge on any atom is 0.194 e. The zero-order valence-corrected chi connectivity index (χ0v) is 16.6. The largest absolute Gasteiger partial charge is 0.377 e. The standard InChI is InChI=1S/C21H31FN4O/c1-4-23-20(24-18-17-9-14-27-19(17)21(18,2)3)26-12-10-25(11-13-26)16-7-5-15(22)6-8-16/h5-8,17-19H,4,9-14H2,1-3H3,(H,23,24). The normalized spacial score (nSPS) is 30.1. The first-order chi connectivity index (χ1) is 13.0. The Labute approximate surface area is 161 Å². The van der Waals surface area contributed by atoms with E-state index in [1.165, 1.54) is 12.1 Å². The molecule has 0 spiro atoms. The van der Waals surface area contributed by atoms with Crippen molar-refractivity contribution in [2.45, 2.75) is 39.3 Å². The average Bonchev–Trinajstić information content (AvgIpc) is 3.13. The van der Waals surface area contributed by atoms with Gasteiger partial charge in [0, 0.05) is 62.4 Å². The summed E-state index contributed by atoms with van der Waals surface area (Å²) < 4.78 is 19.1. The molecule has 0 amide bonds. The summed E-state index contributed by atoms with van der Waals surface area (Å²) >= 11 is 0. The molecular weight excluding hydrogens is 343 g/mol. The van der Waals surface area contributed by atoms with Gasteiger partial charge in [0.25, 0.3) is 0 Å². The molecule has 1 N–H and O–H groups in total. The highest BCUT2D eigenvalue weighted by Gasteiger charge is 2.59. The number of guanidine groups is 1. The molecular formula is C21H31FN4O. The Hall–Kier alpha value is -1.82. The molecule has 0 radical (unpaired) electrons. The second-order valence-corrected chi connectivity index (χ2v) is 8.44. The van der Waals surface area contributed by atoms with Crippen LogP contribution in [0.2, 0.25) is 0 Å². The number of nitrogens with one attached hydrogen (secondary N) is 1. The molecule has 2 saturated heterocycles. The van der Waals surface area contributed by atoms with Crippen molar-refractivity contribution < 1.29 is 9.13 Å². The van der Waals surface area contributed by atoms with Crippen LogP contribution < -0.4 is 10.2 Å². The lowest BCUT2D eigenvalue weighted by molar-refractivity contribution is -0.107. The van der Waals surface area contributed by atoms with Gasteiger partial charge in [-0.3, -0.25) is 4.99 Å². The van der Waals surface area contributed by atoms with Crippen molar-refractivity contribution in [2.75, 3.05) is 44.2 Å². The van der Waals surface area contributed by atoms with Crippen molar-refractivity contribution in [1.29, 1.82) is 0 Å². The Kier molecular flexibility index (Phi) is 5.01. The number of ether oxygens (including phenoxy) is 1. The predicted octanol–water partition coefficient (Wildman–Crippen LogP) is 2.73. The molecule has 27 heavy (non-hydrogen) atoms. The number of piperazine rings is 1. The molecule has 3 fully saturated rings. The first kappa shape index (κ1) is 18.5. The van der Waals surface area contributed by atoms with Gasteiger partial charge in [0.15, 0.2) is 5.96 Å². The van der Waals surface area contributed by atoms with Crippen LogP contribution in [0.3, 0.4) is 0 Å². The van der Waals surface area contributed by atoms with E-state index < -0.39 is 0 Å². The molecule has 3 aliphatic rings. The van der Waals surface area contributed by atoms with E-state index >= 15 is 0 Å².